The fourth-order valence-electron chi connectivity index (χ4n) is 2.83. The van der Waals surface area contributed by atoms with Crippen LogP contribution in [0.15, 0.2) is 18.2 Å². The molecule has 2 aromatic rings. The van der Waals surface area contributed by atoms with Gasteiger partial charge in [-0.25, -0.2) is 0 Å². The number of ether oxygens (including phenoxy) is 2. The Morgan fingerprint density at radius 1 is 1.35 bits per heavy atom. The van der Waals surface area contributed by atoms with Crippen LogP contribution in [0.2, 0.25) is 0 Å². The molecule has 0 saturated heterocycles. The summed E-state index contributed by atoms with van der Waals surface area (Å²) in [5, 5.41) is 3.35. The molecule has 0 unspecified atom stereocenters. The van der Waals surface area contributed by atoms with E-state index in [1.165, 1.54) is 0 Å². The molecule has 0 bridgehead atoms. The Balaban J connectivity index is 2.05. The maximum absolute atomic E-state index is 6.05. The van der Waals surface area contributed by atoms with Gasteiger partial charge in [-0.05, 0) is 25.5 Å². The first kappa shape index (κ1) is 15.4. The van der Waals surface area contributed by atoms with Gasteiger partial charge in [0, 0.05) is 36.7 Å². The number of benzene rings is 1. The van der Waals surface area contributed by atoms with Gasteiger partial charge in [0.2, 0.25) is 5.88 Å². The number of pyridine rings is 1. The van der Waals surface area contributed by atoms with E-state index in [-0.39, 0.29) is 0 Å². The molecule has 0 amide bonds. The summed E-state index contributed by atoms with van der Waals surface area (Å²) in [5.74, 6) is 2.50. The number of nitrogens with one attached hydrogen (secondary N) is 1. The average molecular weight is 314 g/mol. The van der Waals surface area contributed by atoms with Crippen molar-refractivity contribution in [3.05, 3.63) is 34.9 Å². The van der Waals surface area contributed by atoms with E-state index in [9.17, 15) is 0 Å². The second-order valence-electron chi connectivity index (χ2n) is 5.35. The van der Waals surface area contributed by atoms with E-state index in [1.54, 1.807) is 0 Å². The molecule has 5 N–H and O–H groups in total. The molecular formula is C17H22N4O2. The first-order valence-electron chi connectivity index (χ1n) is 7.86. The highest BCUT2D eigenvalue weighted by Crippen LogP contribution is 2.42. The van der Waals surface area contributed by atoms with Crippen LogP contribution in [-0.2, 0) is 13.0 Å². The van der Waals surface area contributed by atoms with Gasteiger partial charge < -0.3 is 26.3 Å². The number of nitrogens with zero attached hydrogens (tertiary/aromatic N) is 1. The fourth-order valence-corrected chi connectivity index (χ4v) is 2.83. The highest BCUT2D eigenvalue weighted by Gasteiger charge is 2.25. The zero-order valence-corrected chi connectivity index (χ0v) is 13.5. The first-order chi connectivity index (χ1) is 11.2. The highest BCUT2D eigenvalue weighted by molar-refractivity contribution is 5.70. The zero-order chi connectivity index (χ0) is 16.4. The maximum Gasteiger partial charge on any atom is 0.226 e. The number of nitrogen functional groups attached to an aromatic ring is 1. The predicted molar refractivity (Wildman–Crippen MR) is 91.2 cm³/mol. The second-order valence-corrected chi connectivity index (χ2v) is 5.35. The van der Waals surface area contributed by atoms with Gasteiger partial charge in [0.25, 0.3) is 0 Å². The molecule has 23 heavy (non-hydrogen) atoms. The number of aromatic nitrogens is 1. The van der Waals surface area contributed by atoms with Crippen molar-refractivity contribution in [3.63, 3.8) is 0 Å². The van der Waals surface area contributed by atoms with Gasteiger partial charge in [0.15, 0.2) is 0 Å². The molecule has 0 spiro atoms. The summed E-state index contributed by atoms with van der Waals surface area (Å²) in [6.07, 6.45) is 0.722. The smallest absolute Gasteiger partial charge is 0.226 e. The standard InChI is InChI=1S/C17H22N4O2/c1-3-20-15-12-7-10-5-6-11(22-4-2)8-14(10)23-17(12)21-16(19)13(15)9-18/h5-6,8H,3-4,7,9,18H2,1-2H3,(H3,19,20,21). The number of fused-ring (bicyclic) bond motifs is 2. The van der Waals surface area contributed by atoms with Crippen LogP contribution in [0.5, 0.6) is 17.4 Å². The molecular weight excluding hydrogens is 292 g/mol. The summed E-state index contributed by atoms with van der Waals surface area (Å²) in [7, 11) is 0. The summed E-state index contributed by atoms with van der Waals surface area (Å²) in [4.78, 5) is 4.40. The van der Waals surface area contributed by atoms with Crippen molar-refractivity contribution in [1.82, 2.24) is 4.98 Å². The van der Waals surface area contributed by atoms with Crippen molar-refractivity contribution < 1.29 is 9.47 Å². The topological polar surface area (TPSA) is 95.4 Å². The molecule has 2 heterocycles. The quantitative estimate of drug-likeness (QED) is 0.670. The third-order valence-corrected chi connectivity index (χ3v) is 3.87. The predicted octanol–water partition coefficient (Wildman–Crippen LogP) is 2.65. The molecule has 6 heteroatoms. The molecule has 1 aliphatic heterocycles. The Labute approximate surface area is 135 Å². The lowest BCUT2D eigenvalue weighted by molar-refractivity contribution is 0.337. The third kappa shape index (κ3) is 2.77. The normalized spacial score (nSPS) is 12.1. The summed E-state index contributed by atoms with van der Waals surface area (Å²) in [5.41, 5.74) is 15.8. The minimum absolute atomic E-state index is 0.338. The van der Waals surface area contributed by atoms with Gasteiger partial charge in [-0.2, -0.15) is 4.98 Å². The lowest BCUT2D eigenvalue weighted by Crippen LogP contribution is -2.16. The third-order valence-electron chi connectivity index (χ3n) is 3.87. The van der Waals surface area contributed by atoms with Gasteiger partial charge in [-0.1, -0.05) is 6.07 Å². The Morgan fingerprint density at radius 2 is 2.17 bits per heavy atom. The minimum Gasteiger partial charge on any atom is -0.494 e. The summed E-state index contributed by atoms with van der Waals surface area (Å²) >= 11 is 0. The molecule has 0 atom stereocenters. The van der Waals surface area contributed by atoms with Crippen LogP contribution >= 0.6 is 0 Å². The van der Waals surface area contributed by atoms with E-state index >= 15 is 0 Å². The largest absolute Gasteiger partial charge is 0.494 e. The van der Waals surface area contributed by atoms with E-state index < -0.39 is 0 Å². The lowest BCUT2D eigenvalue weighted by Gasteiger charge is -2.25. The number of nitrogens with two attached hydrogens (primary N) is 2. The van der Waals surface area contributed by atoms with Crippen LogP contribution in [0.4, 0.5) is 11.5 Å². The SMILES string of the molecule is CCNc1c(CN)c(N)nc2c1Cc1ccc(OCC)cc1O2. The molecule has 1 aromatic carbocycles. The Hall–Kier alpha value is -2.47. The van der Waals surface area contributed by atoms with Crippen LogP contribution in [-0.4, -0.2) is 18.1 Å². The molecule has 122 valence electrons. The Morgan fingerprint density at radius 3 is 2.87 bits per heavy atom. The van der Waals surface area contributed by atoms with Crippen molar-refractivity contribution in [3.8, 4) is 17.4 Å². The molecule has 0 radical (unpaired) electrons. The van der Waals surface area contributed by atoms with Crippen molar-refractivity contribution in [1.29, 1.82) is 0 Å². The van der Waals surface area contributed by atoms with E-state index in [0.29, 0.717) is 24.8 Å². The maximum atomic E-state index is 6.05. The minimum atomic E-state index is 0.338. The van der Waals surface area contributed by atoms with Gasteiger partial charge in [0.05, 0.1) is 12.3 Å². The van der Waals surface area contributed by atoms with E-state index in [0.717, 1.165) is 46.8 Å². The molecule has 0 fully saturated rings. The van der Waals surface area contributed by atoms with Crippen LogP contribution in [0.3, 0.4) is 0 Å². The van der Waals surface area contributed by atoms with Crippen molar-refractivity contribution in [2.24, 2.45) is 5.73 Å². The number of hydrogen-bond acceptors (Lipinski definition) is 6. The second kappa shape index (κ2) is 6.34. The average Bonchev–Trinajstić information content (AvgIpc) is 2.54. The number of rotatable bonds is 5. The summed E-state index contributed by atoms with van der Waals surface area (Å²) < 4.78 is 11.5. The summed E-state index contributed by atoms with van der Waals surface area (Å²) in [6, 6.07) is 5.87. The van der Waals surface area contributed by atoms with E-state index in [2.05, 4.69) is 10.3 Å². The van der Waals surface area contributed by atoms with Crippen molar-refractivity contribution in [2.75, 3.05) is 24.2 Å². The number of hydrogen-bond donors (Lipinski definition) is 3. The molecule has 3 rings (SSSR count). The van der Waals surface area contributed by atoms with E-state index in [1.807, 2.05) is 32.0 Å². The Kier molecular flexibility index (Phi) is 4.25. The van der Waals surface area contributed by atoms with Crippen molar-refractivity contribution in [2.45, 2.75) is 26.8 Å². The first-order valence-corrected chi connectivity index (χ1v) is 7.86. The van der Waals surface area contributed by atoms with Gasteiger partial charge >= 0.3 is 0 Å². The van der Waals surface area contributed by atoms with Gasteiger partial charge in [-0.3, -0.25) is 0 Å². The van der Waals surface area contributed by atoms with Crippen molar-refractivity contribution >= 4 is 11.5 Å². The highest BCUT2D eigenvalue weighted by atomic mass is 16.5. The van der Waals surface area contributed by atoms with Gasteiger partial charge in [-0.15, -0.1) is 0 Å². The van der Waals surface area contributed by atoms with Crippen LogP contribution in [0.25, 0.3) is 0 Å². The van der Waals surface area contributed by atoms with Crippen LogP contribution in [0.1, 0.15) is 30.5 Å². The summed E-state index contributed by atoms with van der Waals surface area (Å²) in [6.45, 7) is 5.72. The lowest BCUT2D eigenvalue weighted by atomic mass is 9.98. The van der Waals surface area contributed by atoms with Crippen LogP contribution < -0.4 is 26.3 Å². The fraction of sp³-hybridized carbons (Fsp3) is 0.353. The van der Waals surface area contributed by atoms with Gasteiger partial charge in [0.1, 0.15) is 17.3 Å². The molecule has 1 aliphatic rings. The zero-order valence-electron chi connectivity index (χ0n) is 13.5. The molecule has 6 nitrogen and oxygen atoms in total. The monoisotopic (exact) mass is 314 g/mol. The van der Waals surface area contributed by atoms with E-state index in [4.69, 9.17) is 20.9 Å². The molecule has 0 saturated carbocycles. The molecule has 1 aromatic heterocycles. The number of anilines is 2. The van der Waals surface area contributed by atoms with Crippen LogP contribution in [0, 0.1) is 0 Å². The Bertz CT molecular complexity index is 731. The molecule has 0 aliphatic carbocycles.